The lowest BCUT2D eigenvalue weighted by molar-refractivity contribution is -0.697. The molecule has 0 atom stereocenters. The van der Waals surface area contributed by atoms with Gasteiger partial charge in [0.15, 0.2) is 19.0 Å². The van der Waals surface area contributed by atoms with Crippen LogP contribution in [0, 0.1) is 0 Å². The first-order chi connectivity index (χ1) is 18.6. The largest absolute Gasteiger partial charge is 0.492 e. The van der Waals surface area contributed by atoms with Gasteiger partial charge < -0.3 is 14.8 Å². The average Bonchev–Trinajstić information content (AvgIpc) is 2.92. The molecule has 5 nitrogen and oxygen atoms in total. The number of hydrogen-bond donors (Lipinski definition) is 1. The minimum absolute atomic E-state index is 0.0762. The van der Waals surface area contributed by atoms with Gasteiger partial charge in [-0.15, -0.1) is 0 Å². The molecule has 0 aliphatic heterocycles. The van der Waals surface area contributed by atoms with Gasteiger partial charge in [0.2, 0.25) is 0 Å². The number of carbonyl (C=O) groups excluding carboxylic acids is 1. The predicted octanol–water partition coefficient (Wildman–Crippen LogP) is 7.86. The summed E-state index contributed by atoms with van der Waals surface area (Å²) in [5.41, 5.74) is 1.19. The Kier molecular flexibility index (Phi) is 17.4. The Morgan fingerprint density at radius 1 is 0.789 bits per heavy atom. The average molecular weight is 546 g/mol. The lowest BCUT2D eigenvalue weighted by Gasteiger charge is -2.12. The molecule has 0 saturated heterocycles. The molecule has 6 heteroatoms. The number of aryl methyl sites for hydroxylation is 1. The number of carbonyl (C=O) groups is 1. The molecule has 1 aromatic carbocycles. The van der Waals surface area contributed by atoms with Gasteiger partial charge in [-0.3, -0.25) is 4.79 Å². The molecule has 0 fully saturated rings. The first-order valence-corrected chi connectivity index (χ1v) is 15.3. The molecule has 0 radical (unpaired) electrons. The maximum Gasteiger partial charge on any atom is 0.257 e. The number of rotatable bonds is 22. The summed E-state index contributed by atoms with van der Waals surface area (Å²) in [5.74, 6) is 0.912. The second kappa shape index (κ2) is 20.7. The monoisotopic (exact) mass is 545 g/mol. The molecule has 0 aliphatic rings. The van der Waals surface area contributed by atoms with Crippen molar-refractivity contribution in [3.8, 4) is 11.5 Å². The van der Waals surface area contributed by atoms with Crippen LogP contribution in [0.15, 0.2) is 42.7 Å². The smallest absolute Gasteiger partial charge is 0.257 e. The maximum absolute atomic E-state index is 12.2. The van der Waals surface area contributed by atoms with Crippen LogP contribution in [-0.4, -0.2) is 25.7 Å². The zero-order chi connectivity index (χ0) is 27.3. The van der Waals surface area contributed by atoms with Crippen LogP contribution in [0.25, 0.3) is 0 Å². The Morgan fingerprint density at radius 2 is 1.37 bits per heavy atom. The summed E-state index contributed by atoms with van der Waals surface area (Å²) in [6.07, 6.45) is 21.8. The minimum atomic E-state index is -0.166. The molecule has 212 valence electrons. The van der Waals surface area contributed by atoms with E-state index in [4.69, 9.17) is 21.1 Å². The molecule has 0 saturated carbocycles. The Morgan fingerprint density at radius 3 is 1.97 bits per heavy atom. The van der Waals surface area contributed by atoms with Gasteiger partial charge >= 0.3 is 0 Å². The second-order valence-electron chi connectivity index (χ2n) is 10.1. The highest BCUT2D eigenvalue weighted by Crippen LogP contribution is 2.34. The van der Waals surface area contributed by atoms with Gasteiger partial charge in [0, 0.05) is 25.1 Å². The molecule has 1 heterocycles. The number of hydrogen-bond acceptors (Lipinski definition) is 3. The van der Waals surface area contributed by atoms with E-state index in [1.165, 1.54) is 76.2 Å². The SMILES string of the molecule is CCCCCCCCCCCCCCOc1cccc(OCC(=O)NCCc2cc[n+](CCC)cc2)c1Cl. The molecule has 0 spiro atoms. The fourth-order valence-corrected chi connectivity index (χ4v) is 4.68. The Bertz CT molecular complexity index is 889. The highest BCUT2D eigenvalue weighted by molar-refractivity contribution is 6.33. The van der Waals surface area contributed by atoms with Gasteiger partial charge in [-0.05, 0) is 30.5 Å². The van der Waals surface area contributed by atoms with Crippen LogP contribution >= 0.6 is 11.6 Å². The van der Waals surface area contributed by atoms with Gasteiger partial charge in [0.05, 0.1) is 6.61 Å². The number of nitrogens with one attached hydrogen (secondary N) is 1. The molecule has 1 aromatic heterocycles. The van der Waals surface area contributed by atoms with E-state index in [2.05, 4.69) is 48.3 Å². The molecule has 38 heavy (non-hydrogen) atoms. The molecule has 1 N–H and O–H groups in total. The third kappa shape index (κ3) is 14.0. The third-order valence-corrected chi connectivity index (χ3v) is 7.09. The van der Waals surface area contributed by atoms with Crippen LogP contribution in [-0.2, 0) is 17.8 Å². The van der Waals surface area contributed by atoms with Crippen molar-refractivity contribution < 1.29 is 18.8 Å². The molecule has 2 aromatic rings. The van der Waals surface area contributed by atoms with Crippen molar-refractivity contribution in [2.45, 2.75) is 110 Å². The predicted molar refractivity (Wildman–Crippen MR) is 157 cm³/mol. The van der Waals surface area contributed by atoms with Crippen molar-refractivity contribution >= 4 is 17.5 Å². The van der Waals surface area contributed by atoms with E-state index in [0.717, 1.165) is 25.8 Å². The molecule has 2 rings (SSSR count). The van der Waals surface area contributed by atoms with Gasteiger partial charge in [-0.25, -0.2) is 4.57 Å². The minimum Gasteiger partial charge on any atom is -0.492 e. The highest BCUT2D eigenvalue weighted by Gasteiger charge is 2.11. The molecule has 0 unspecified atom stereocenters. The van der Waals surface area contributed by atoms with Crippen LogP contribution in [0.1, 0.15) is 103 Å². The van der Waals surface area contributed by atoms with E-state index in [0.29, 0.717) is 29.7 Å². The van der Waals surface area contributed by atoms with E-state index in [9.17, 15) is 4.79 Å². The van der Waals surface area contributed by atoms with Crippen LogP contribution in [0.2, 0.25) is 5.02 Å². The summed E-state index contributed by atoms with van der Waals surface area (Å²) in [6.45, 7) is 6.57. The number of amides is 1. The number of unbranched alkanes of at least 4 members (excludes halogenated alkanes) is 11. The summed E-state index contributed by atoms with van der Waals surface area (Å²) in [7, 11) is 0. The van der Waals surface area contributed by atoms with Crippen LogP contribution in [0.5, 0.6) is 11.5 Å². The van der Waals surface area contributed by atoms with Gasteiger partial charge in [-0.2, -0.15) is 0 Å². The Balaban J connectivity index is 1.55. The van der Waals surface area contributed by atoms with Crippen molar-refractivity contribution in [2.24, 2.45) is 0 Å². The van der Waals surface area contributed by atoms with Crippen molar-refractivity contribution in [1.29, 1.82) is 0 Å². The highest BCUT2D eigenvalue weighted by atomic mass is 35.5. The summed E-state index contributed by atoms with van der Waals surface area (Å²) in [6, 6.07) is 9.65. The topological polar surface area (TPSA) is 51.4 Å². The van der Waals surface area contributed by atoms with Crippen LogP contribution < -0.4 is 19.4 Å². The van der Waals surface area contributed by atoms with E-state index in [-0.39, 0.29) is 12.5 Å². The fourth-order valence-electron chi connectivity index (χ4n) is 4.44. The first kappa shape index (κ1) is 31.9. The number of aromatic nitrogens is 1. The maximum atomic E-state index is 12.2. The standard InChI is InChI=1S/C32H49ClN2O3/c1-3-5-6-7-8-9-10-11-12-13-14-15-26-37-29-17-16-18-30(32(29)33)38-27-31(36)34-22-19-28-20-24-35(23-4-2)25-21-28/h16-18,20-21,24-25H,3-15,19,22-23,26-27H2,1-2H3/p+1. The molecule has 0 aliphatic carbocycles. The molecular formula is C32H50ClN2O3+. The summed E-state index contributed by atoms with van der Waals surface area (Å²) < 4.78 is 13.7. The second-order valence-corrected chi connectivity index (χ2v) is 10.5. The van der Waals surface area contributed by atoms with Gasteiger partial charge in [0.1, 0.15) is 23.1 Å². The summed E-state index contributed by atoms with van der Waals surface area (Å²) in [5, 5.41) is 3.33. The number of benzene rings is 1. The van der Waals surface area contributed by atoms with Crippen molar-refractivity contribution in [3.63, 3.8) is 0 Å². The quantitative estimate of drug-likeness (QED) is 0.121. The Hall–Kier alpha value is -2.27. The van der Waals surface area contributed by atoms with Crippen molar-refractivity contribution in [3.05, 3.63) is 53.3 Å². The van der Waals surface area contributed by atoms with Crippen molar-refractivity contribution in [1.82, 2.24) is 5.32 Å². The van der Waals surface area contributed by atoms with E-state index in [1.807, 2.05) is 12.1 Å². The molecule has 1 amide bonds. The van der Waals surface area contributed by atoms with Gasteiger partial charge in [-0.1, -0.05) is 102 Å². The van der Waals surface area contributed by atoms with Crippen molar-refractivity contribution in [2.75, 3.05) is 19.8 Å². The van der Waals surface area contributed by atoms with Gasteiger partial charge in [0.25, 0.3) is 5.91 Å². The number of ether oxygens (including phenoxy) is 2. The zero-order valence-corrected chi connectivity index (χ0v) is 24.6. The number of halogens is 1. The summed E-state index contributed by atoms with van der Waals surface area (Å²) >= 11 is 6.48. The Labute approximate surface area is 236 Å². The van der Waals surface area contributed by atoms with E-state index >= 15 is 0 Å². The van der Waals surface area contributed by atoms with Crippen LogP contribution in [0.3, 0.4) is 0 Å². The first-order valence-electron chi connectivity index (χ1n) is 14.9. The lowest BCUT2D eigenvalue weighted by Crippen LogP contribution is -2.33. The zero-order valence-electron chi connectivity index (χ0n) is 23.8. The number of pyridine rings is 1. The lowest BCUT2D eigenvalue weighted by atomic mass is 10.1. The fraction of sp³-hybridized carbons (Fsp3) is 0.625. The van der Waals surface area contributed by atoms with Crippen LogP contribution in [0.4, 0.5) is 0 Å². The summed E-state index contributed by atoms with van der Waals surface area (Å²) in [4.78, 5) is 12.2. The van der Waals surface area contributed by atoms with E-state index < -0.39 is 0 Å². The molecular weight excluding hydrogens is 496 g/mol. The molecule has 0 bridgehead atoms. The number of nitrogens with zero attached hydrogens (tertiary/aromatic N) is 1. The third-order valence-electron chi connectivity index (χ3n) is 6.72. The normalized spacial score (nSPS) is 10.9. The van der Waals surface area contributed by atoms with E-state index in [1.54, 1.807) is 6.07 Å².